The number of carboxylic acid groups (broad SMARTS) is 1. The fourth-order valence-electron chi connectivity index (χ4n) is 2.87. The molecule has 10 heteroatoms. The average Bonchev–Trinajstić information content (AvgIpc) is 3.21. The number of nitrogens with two attached hydrogens (primary N) is 1. The van der Waals surface area contributed by atoms with Gasteiger partial charge in [0.05, 0.1) is 23.9 Å². The molecule has 4 aromatic rings. The Morgan fingerprint density at radius 3 is 2.69 bits per heavy atom. The van der Waals surface area contributed by atoms with Gasteiger partial charge >= 0.3 is 5.97 Å². The molecular weight excluding hydrogens is 392 g/mol. The molecule has 4 rings (SSSR count). The predicted molar refractivity (Wildman–Crippen MR) is 107 cm³/mol. The number of aliphatic carboxylic acids is 1. The van der Waals surface area contributed by atoms with Gasteiger partial charge in [0.25, 0.3) is 0 Å². The van der Waals surface area contributed by atoms with Gasteiger partial charge in [-0.25, -0.2) is 9.82 Å². The van der Waals surface area contributed by atoms with E-state index in [1.54, 1.807) is 25.0 Å². The van der Waals surface area contributed by atoms with E-state index < -0.39 is 5.97 Å². The Hall–Kier alpha value is -3.34. The van der Waals surface area contributed by atoms with Gasteiger partial charge in [-0.05, 0) is 29.3 Å². The molecule has 0 saturated carbocycles. The molecule has 0 unspecified atom stereocenters. The number of aromatic amines is 1. The third-order valence-corrected chi connectivity index (χ3v) is 4.91. The molecule has 9 nitrogen and oxygen atoms in total. The molecule has 0 atom stereocenters. The normalized spacial score (nSPS) is 11.1. The number of rotatable bonds is 7. The first kappa shape index (κ1) is 19.0. The van der Waals surface area contributed by atoms with Crippen LogP contribution in [-0.4, -0.2) is 49.1 Å². The Bertz CT molecular complexity index is 1180. The van der Waals surface area contributed by atoms with Gasteiger partial charge in [0.1, 0.15) is 0 Å². The van der Waals surface area contributed by atoms with Crippen molar-refractivity contribution in [3.8, 4) is 22.5 Å². The van der Waals surface area contributed by atoms with Gasteiger partial charge in [-0.1, -0.05) is 17.8 Å². The van der Waals surface area contributed by atoms with Crippen molar-refractivity contribution in [3.05, 3.63) is 48.8 Å². The fourth-order valence-corrected chi connectivity index (χ4v) is 3.39. The molecule has 2 aromatic heterocycles. The first-order valence-corrected chi connectivity index (χ1v) is 9.60. The molecule has 0 bridgehead atoms. The second-order valence-corrected chi connectivity index (χ2v) is 7.05. The van der Waals surface area contributed by atoms with Crippen molar-refractivity contribution in [2.24, 2.45) is 0 Å². The molecule has 0 amide bonds. The lowest BCUT2D eigenvalue weighted by Crippen LogP contribution is -2.75. The highest BCUT2D eigenvalue weighted by molar-refractivity contribution is 7.99. The molecule has 0 radical (unpaired) electrons. The van der Waals surface area contributed by atoms with Crippen LogP contribution < -0.4 is 5.48 Å². The van der Waals surface area contributed by atoms with Gasteiger partial charge in [0, 0.05) is 30.1 Å². The van der Waals surface area contributed by atoms with Crippen LogP contribution in [-0.2, 0) is 9.63 Å². The Kier molecular flexibility index (Phi) is 5.47. The van der Waals surface area contributed by atoms with Gasteiger partial charge in [0.2, 0.25) is 5.16 Å². The lowest BCUT2D eigenvalue weighted by atomic mass is 10.0. The highest BCUT2D eigenvalue weighted by Gasteiger charge is 2.13. The van der Waals surface area contributed by atoms with Crippen LogP contribution in [0.25, 0.3) is 33.5 Å². The van der Waals surface area contributed by atoms with Crippen molar-refractivity contribution in [1.82, 2.24) is 25.1 Å². The van der Waals surface area contributed by atoms with Crippen molar-refractivity contribution in [1.29, 1.82) is 0 Å². The average molecular weight is 409 g/mol. The monoisotopic (exact) mass is 409 g/mol. The summed E-state index contributed by atoms with van der Waals surface area (Å²) in [5, 5.41) is 16.2. The first-order valence-electron chi connectivity index (χ1n) is 8.62. The third kappa shape index (κ3) is 4.40. The molecule has 29 heavy (non-hydrogen) atoms. The van der Waals surface area contributed by atoms with Gasteiger partial charge in [-0.3, -0.25) is 19.9 Å². The minimum Gasteiger partial charge on any atom is -0.481 e. The molecule has 4 N–H and O–H groups in total. The van der Waals surface area contributed by atoms with E-state index in [-0.39, 0.29) is 5.75 Å². The van der Waals surface area contributed by atoms with Gasteiger partial charge < -0.3 is 5.11 Å². The summed E-state index contributed by atoms with van der Waals surface area (Å²) in [5.41, 5.74) is 6.87. The van der Waals surface area contributed by atoms with E-state index in [0.29, 0.717) is 11.0 Å². The van der Waals surface area contributed by atoms with Crippen LogP contribution in [0, 0.1) is 0 Å². The molecule has 0 aliphatic rings. The predicted octanol–water partition coefficient (Wildman–Crippen LogP) is 2.01. The molecule has 146 valence electrons. The van der Waals surface area contributed by atoms with E-state index in [1.165, 1.54) is 0 Å². The Morgan fingerprint density at radius 2 is 1.90 bits per heavy atom. The minimum atomic E-state index is -0.917. The number of benzene rings is 2. The molecule has 0 aliphatic carbocycles. The van der Waals surface area contributed by atoms with Crippen LogP contribution in [0.3, 0.4) is 0 Å². The zero-order valence-electron chi connectivity index (χ0n) is 15.4. The fraction of sp³-hybridized carbons (Fsp3) is 0.105. The SMILES string of the molecule is CO[NH2+]c1cc(-c2ccc3nccnc3c2)cc(-c2nc(SCC(=O)O)n[nH]2)c1. The molecule has 0 saturated heterocycles. The zero-order valence-corrected chi connectivity index (χ0v) is 16.2. The number of carbonyl (C=O) groups is 1. The number of nitrogens with zero attached hydrogens (tertiary/aromatic N) is 4. The van der Waals surface area contributed by atoms with Crippen molar-refractivity contribution in [2.75, 3.05) is 12.9 Å². The summed E-state index contributed by atoms with van der Waals surface area (Å²) < 4.78 is 0. The Balaban J connectivity index is 1.73. The summed E-state index contributed by atoms with van der Waals surface area (Å²) in [5.74, 6) is -0.469. The minimum absolute atomic E-state index is 0.0990. The van der Waals surface area contributed by atoms with Crippen LogP contribution in [0.1, 0.15) is 0 Å². The van der Waals surface area contributed by atoms with Crippen LogP contribution >= 0.6 is 11.8 Å². The number of aromatic nitrogens is 5. The molecular formula is C19H17N6O3S+. The molecule has 2 aromatic carbocycles. The third-order valence-electron chi connectivity index (χ3n) is 4.08. The zero-order chi connectivity index (χ0) is 20.2. The van der Waals surface area contributed by atoms with Crippen LogP contribution in [0.15, 0.2) is 53.9 Å². The summed E-state index contributed by atoms with van der Waals surface area (Å²) in [7, 11) is 1.59. The second kappa shape index (κ2) is 8.35. The number of nitrogens with one attached hydrogen (secondary N) is 1. The van der Waals surface area contributed by atoms with E-state index in [2.05, 4.69) is 25.1 Å². The summed E-state index contributed by atoms with van der Waals surface area (Å²) in [6, 6.07) is 11.8. The maximum atomic E-state index is 10.7. The number of carboxylic acids is 1. The molecule has 0 fully saturated rings. The maximum absolute atomic E-state index is 10.7. The van der Waals surface area contributed by atoms with Gasteiger partial charge in [-0.15, -0.1) is 5.10 Å². The summed E-state index contributed by atoms with van der Waals surface area (Å²) in [6.07, 6.45) is 3.33. The Labute approximate surface area is 169 Å². The van der Waals surface area contributed by atoms with Crippen molar-refractivity contribution < 1.29 is 20.2 Å². The maximum Gasteiger partial charge on any atom is 0.313 e. The lowest BCUT2D eigenvalue weighted by molar-refractivity contribution is -0.830. The smallest absolute Gasteiger partial charge is 0.313 e. The highest BCUT2D eigenvalue weighted by Crippen LogP contribution is 2.29. The van der Waals surface area contributed by atoms with Gasteiger partial charge in [-0.2, -0.15) is 5.48 Å². The second-order valence-electron chi connectivity index (χ2n) is 6.11. The summed E-state index contributed by atoms with van der Waals surface area (Å²) in [4.78, 5) is 29.0. The van der Waals surface area contributed by atoms with E-state index in [9.17, 15) is 4.79 Å². The van der Waals surface area contributed by atoms with Crippen LogP contribution in [0.5, 0.6) is 0 Å². The van der Waals surface area contributed by atoms with E-state index in [4.69, 9.17) is 9.94 Å². The van der Waals surface area contributed by atoms with Crippen molar-refractivity contribution in [2.45, 2.75) is 5.16 Å². The van der Waals surface area contributed by atoms with E-state index >= 15 is 0 Å². The molecule has 0 spiro atoms. The number of hydrogen-bond acceptors (Lipinski definition) is 7. The quantitative estimate of drug-likeness (QED) is 0.240. The lowest BCUT2D eigenvalue weighted by Gasteiger charge is -2.07. The standard InChI is InChI=1S/C19H16N6O3S/c1-28-25-14-7-12(11-2-3-15-16(9-11)21-5-4-20-15)6-13(8-14)18-22-19(24-23-18)29-10-17(26)27/h2-9,25H,10H2,1H3,(H,26,27)(H,22,23,24)/p+1. The van der Waals surface area contributed by atoms with Crippen molar-refractivity contribution in [3.63, 3.8) is 0 Å². The van der Waals surface area contributed by atoms with Gasteiger partial charge in [0.15, 0.2) is 11.5 Å². The largest absolute Gasteiger partial charge is 0.481 e. The van der Waals surface area contributed by atoms with E-state index in [1.807, 2.05) is 36.4 Å². The van der Waals surface area contributed by atoms with Crippen LogP contribution in [0.4, 0.5) is 5.69 Å². The topological polar surface area (TPSA) is 130 Å². The van der Waals surface area contributed by atoms with Crippen molar-refractivity contribution >= 4 is 34.5 Å². The van der Waals surface area contributed by atoms with E-state index in [0.717, 1.165) is 45.2 Å². The number of fused-ring (bicyclic) bond motifs is 1. The number of thioether (sulfide) groups is 1. The first-order chi connectivity index (χ1) is 14.1. The number of quaternary nitrogens is 1. The summed E-state index contributed by atoms with van der Waals surface area (Å²) >= 11 is 1.06. The number of hydrogen-bond donors (Lipinski definition) is 3. The molecule has 2 heterocycles. The number of H-pyrrole nitrogens is 1. The van der Waals surface area contributed by atoms with Crippen LogP contribution in [0.2, 0.25) is 0 Å². The highest BCUT2D eigenvalue weighted by atomic mass is 32.2. The molecule has 0 aliphatic heterocycles. The Morgan fingerprint density at radius 1 is 1.10 bits per heavy atom. The summed E-state index contributed by atoms with van der Waals surface area (Å²) in [6.45, 7) is 0.